The Bertz CT molecular complexity index is 1750. The Morgan fingerprint density at radius 2 is 1.92 bits per heavy atom. The number of pyridine rings is 2. The fourth-order valence-corrected chi connectivity index (χ4v) is 4.04. The first kappa shape index (κ1) is 23.4. The van der Waals surface area contributed by atoms with Crippen LogP contribution in [-0.2, 0) is 0 Å². The average molecular weight is 512 g/mol. The van der Waals surface area contributed by atoms with Crippen LogP contribution in [0.1, 0.15) is 24.1 Å². The Kier molecular flexibility index (Phi) is 5.84. The number of rotatable bonds is 5. The molecule has 0 unspecified atom stereocenters. The average Bonchev–Trinajstić information content (AvgIpc) is 3.28. The maximum atomic E-state index is 14.6. The molecule has 0 amide bonds. The first-order chi connectivity index (χ1) is 17.2. The van der Waals surface area contributed by atoms with E-state index in [2.05, 4.69) is 29.9 Å². The summed E-state index contributed by atoms with van der Waals surface area (Å²) in [6, 6.07) is 5.98. The molecule has 5 rings (SSSR count). The fourth-order valence-electron chi connectivity index (χ4n) is 3.89. The Labute approximate surface area is 205 Å². The van der Waals surface area contributed by atoms with Gasteiger partial charge in [0.2, 0.25) is 5.82 Å². The van der Waals surface area contributed by atoms with E-state index in [1.807, 2.05) is 0 Å². The maximum absolute atomic E-state index is 14.6. The molecule has 182 valence electrons. The van der Waals surface area contributed by atoms with Crippen molar-refractivity contribution in [3.63, 3.8) is 0 Å². The first-order valence-corrected chi connectivity index (χ1v) is 11.0. The van der Waals surface area contributed by atoms with Crippen LogP contribution in [0.3, 0.4) is 0 Å². The van der Waals surface area contributed by atoms with E-state index in [1.165, 1.54) is 31.3 Å². The van der Waals surface area contributed by atoms with E-state index >= 15 is 0 Å². The van der Waals surface area contributed by atoms with Gasteiger partial charge in [-0.3, -0.25) is 19.3 Å². The largest absolute Gasteiger partial charge is 0.455 e. The fraction of sp³-hybridized carbons (Fsp3) is 0.125. The van der Waals surface area contributed by atoms with Gasteiger partial charge < -0.3 is 9.73 Å². The number of anilines is 1. The third-order valence-corrected chi connectivity index (χ3v) is 5.75. The quantitative estimate of drug-likeness (QED) is 0.315. The molecule has 4 aromatic heterocycles. The van der Waals surface area contributed by atoms with Crippen LogP contribution in [0.2, 0.25) is 5.15 Å². The second kappa shape index (κ2) is 9.00. The van der Waals surface area contributed by atoms with Gasteiger partial charge in [-0.05, 0) is 44.2 Å². The molecule has 1 atom stereocenters. The van der Waals surface area contributed by atoms with Gasteiger partial charge in [-0.1, -0.05) is 16.8 Å². The van der Waals surface area contributed by atoms with Crippen molar-refractivity contribution in [3.8, 4) is 22.8 Å². The van der Waals surface area contributed by atoms with Crippen molar-refractivity contribution in [2.45, 2.75) is 19.9 Å². The molecule has 2 N–H and O–H groups in total. The van der Waals surface area contributed by atoms with Gasteiger partial charge in [-0.2, -0.15) is 0 Å². The molecule has 0 bridgehead atoms. The molecule has 36 heavy (non-hydrogen) atoms. The number of halogens is 3. The summed E-state index contributed by atoms with van der Waals surface area (Å²) in [6.45, 7) is 3.23. The van der Waals surface area contributed by atoms with E-state index < -0.39 is 28.9 Å². The van der Waals surface area contributed by atoms with Crippen molar-refractivity contribution in [2.75, 3.05) is 5.32 Å². The summed E-state index contributed by atoms with van der Waals surface area (Å²) < 4.78 is 39.1. The number of aromatic amines is 1. The smallest absolute Gasteiger partial charge is 0.439 e. The van der Waals surface area contributed by atoms with E-state index in [0.29, 0.717) is 11.3 Å². The van der Waals surface area contributed by atoms with Gasteiger partial charge in [0.25, 0.3) is 0 Å². The summed E-state index contributed by atoms with van der Waals surface area (Å²) in [7, 11) is 0. The predicted molar refractivity (Wildman–Crippen MR) is 128 cm³/mol. The zero-order valence-corrected chi connectivity index (χ0v) is 19.5. The monoisotopic (exact) mass is 511 g/mol. The highest BCUT2D eigenvalue weighted by molar-refractivity contribution is 6.29. The van der Waals surface area contributed by atoms with Crippen LogP contribution >= 0.6 is 11.6 Å². The first-order valence-electron chi connectivity index (χ1n) is 10.6. The zero-order chi connectivity index (χ0) is 25.6. The highest BCUT2D eigenvalue weighted by atomic mass is 35.5. The van der Waals surface area contributed by atoms with Crippen molar-refractivity contribution >= 4 is 28.3 Å². The van der Waals surface area contributed by atoms with Gasteiger partial charge in [0.05, 0.1) is 23.3 Å². The SMILES string of the molecule is Cc1c(-c2cncc(F)c2)oc2c([C@@H](C)Nc3ccc(Cl)nc3-c3noc(=O)[nH]3)cc(F)cc2c1=O. The number of benzene rings is 1. The molecule has 0 aliphatic carbocycles. The molecule has 4 heterocycles. The normalized spacial score (nSPS) is 12.1. The number of aromatic nitrogens is 4. The zero-order valence-electron chi connectivity index (χ0n) is 18.7. The van der Waals surface area contributed by atoms with Crippen molar-refractivity contribution in [2.24, 2.45) is 0 Å². The molecule has 0 aliphatic rings. The van der Waals surface area contributed by atoms with Crippen LogP contribution in [0.4, 0.5) is 14.5 Å². The van der Waals surface area contributed by atoms with Gasteiger partial charge in [0.15, 0.2) is 5.43 Å². The number of hydrogen-bond donors (Lipinski definition) is 2. The summed E-state index contributed by atoms with van der Waals surface area (Å²) in [6.07, 6.45) is 2.40. The molecule has 9 nitrogen and oxygen atoms in total. The number of fused-ring (bicyclic) bond motifs is 1. The summed E-state index contributed by atoms with van der Waals surface area (Å²) in [5, 5.41) is 6.97. The summed E-state index contributed by atoms with van der Waals surface area (Å²) in [5.74, 6) is -1.87. The van der Waals surface area contributed by atoms with E-state index in [4.69, 9.17) is 16.0 Å². The second-order valence-corrected chi connectivity index (χ2v) is 8.38. The molecule has 0 aliphatic heterocycles. The summed E-state index contributed by atoms with van der Waals surface area (Å²) in [4.78, 5) is 35.0. The van der Waals surface area contributed by atoms with E-state index in [-0.39, 0.29) is 44.5 Å². The number of nitrogens with one attached hydrogen (secondary N) is 2. The van der Waals surface area contributed by atoms with Gasteiger partial charge in [0.1, 0.15) is 33.8 Å². The van der Waals surface area contributed by atoms with E-state index in [9.17, 15) is 18.4 Å². The van der Waals surface area contributed by atoms with E-state index in [0.717, 1.165) is 12.3 Å². The lowest BCUT2D eigenvalue weighted by Crippen LogP contribution is -2.13. The Morgan fingerprint density at radius 1 is 1.11 bits per heavy atom. The Balaban J connectivity index is 1.65. The predicted octanol–water partition coefficient (Wildman–Crippen LogP) is 5.01. The lowest BCUT2D eigenvalue weighted by atomic mass is 10.0. The third-order valence-electron chi connectivity index (χ3n) is 5.54. The number of nitrogens with zero attached hydrogens (tertiary/aromatic N) is 3. The minimum Gasteiger partial charge on any atom is -0.455 e. The topological polar surface area (TPSA) is 127 Å². The Hall–Kier alpha value is -4.38. The summed E-state index contributed by atoms with van der Waals surface area (Å²) >= 11 is 6.02. The van der Waals surface area contributed by atoms with Gasteiger partial charge in [-0.25, -0.2) is 18.6 Å². The molecule has 0 radical (unpaired) electrons. The molecule has 5 aromatic rings. The van der Waals surface area contributed by atoms with Crippen molar-refractivity contribution in [1.82, 2.24) is 20.1 Å². The molecule has 0 saturated heterocycles. The van der Waals surface area contributed by atoms with Crippen LogP contribution in [0.5, 0.6) is 0 Å². The molecular formula is C24H16ClF2N5O4. The molecule has 12 heteroatoms. The minimum absolute atomic E-state index is 0.0274. The van der Waals surface area contributed by atoms with Crippen LogP contribution in [0, 0.1) is 18.6 Å². The van der Waals surface area contributed by atoms with Gasteiger partial charge >= 0.3 is 5.76 Å². The van der Waals surface area contributed by atoms with E-state index in [1.54, 1.807) is 13.0 Å². The molecule has 0 spiro atoms. The highest BCUT2D eigenvalue weighted by Crippen LogP contribution is 2.33. The van der Waals surface area contributed by atoms with Crippen LogP contribution in [0.25, 0.3) is 33.8 Å². The molecule has 0 fully saturated rings. The van der Waals surface area contributed by atoms with Crippen LogP contribution in [0.15, 0.2) is 61.3 Å². The summed E-state index contributed by atoms with van der Waals surface area (Å²) in [5.41, 5.74) is 0.986. The number of H-pyrrole nitrogens is 1. The lowest BCUT2D eigenvalue weighted by Gasteiger charge is -2.19. The number of hydrogen-bond acceptors (Lipinski definition) is 8. The van der Waals surface area contributed by atoms with Gasteiger partial charge in [0, 0.05) is 22.9 Å². The maximum Gasteiger partial charge on any atom is 0.439 e. The lowest BCUT2D eigenvalue weighted by molar-refractivity contribution is 0.388. The van der Waals surface area contributed by atoms with Gasteiger partial charge in [-0.15, -0.1) is 0 Å². The third kappa shape index (κ3) is 4.24. The van der Waals surface area contributed by atoms with Crippen LogP contribution in [-0.4, -0.2) is 20.1 Å². The van der Waals surface area contributed by atoms with Crippen molar-refractivity contribution in [1.29, 1.82) is 0 Å². The second-order valence-electron chi connectivity index (χ2n) is 7.99. The van der Waals surface area contributed by atoms with Crippen molar-refractivity contribution in [3.05, 3.63) is 91.4 Å². The van der Waals surface area contributed by atoms with Crippen molar-refractivity contribution < 1.29 is 17.7 Å². The molecule has 1 aromatic carbocycles. The van der Waals surface area contributed by atoms with Crippen LogP contribution < -0.4 is 16.5 Å². The minimum atomic E-state index is -0.779. The standard InChI is InChI=1S/C24H16ClF2N5O4/c1-10-20(33)16-7-13(26)6-15(22(16)35-21(10)12-5-14(27)9-28-8-12)11(2)29-17-3-4-18(25)30-19(17)23-31-24(34)36-32-23/h3-9,11,29H,1-2H3,(H,31,32,34)/t11-/m1/s1. The molecule has 0 saturated carbocycles. The Morgan fingerprint density at radius 3 is 2.64 bits per heavy atom. The highest BCUT2D eigenvalue weighted by Gasteiger charge is 2.22. The molecular weight excluding hydrogens is 496 g/mol.